The second-order valence-electron chi connectivity index (χ2n) is 12.3. The number of ether oxygens (including phenoxy) is 4. The molecule has 0 saturated carbocycles. The molecule has 1 aliphatic heterocycles. The van der Waals surface area contributed by atoms with E-state index in [4.69, 9.17) is 23.9 Å². The number of thioether (sulfide) groups is 1. The highest BCUT2D eigenvalue weighted by Crippen LogP contribution is 2.45. The molecule has 0 aromatic heterocycles. The fraction of sp³-hybridized carbons (Fsp3) is 0.205. The molecule has 0 saturated heterocycles. The normalized spacial score (nSPS) is 13.9. The number of nitrogens with zero attached hydrogens (tertiary/aromatic N) is 1. The Labute approximate surface area is 319 Å². The van der Waals surface area contributed by atoms with Gasteiger partial charge in [-0.1, -0.05) is 69.1 Å². The molecule has 54 heavy (non-hydrogen) atoms. The van der Waals surface area contributed by atoms with Crippen molar-refractivity contribution < 1.29 is 38.1 Å². The van der Waals surface area contributed by atoms with Crippen LogP contribution in [0.15, 0.2) is 137 Å². The highest BCUT2D eigenvalue weighted by molar-refractivity contribution is 8.03. The van der Waals surface area contributed by atoms with Crippen molar-refractivity contribution in [3.63, 3.8) is 0 Å². The molecule has 0 amide bonds. The van der Waals surface area contributed by atoms with E-state index < -0.39 is 23.9 Å². The van der Waals surface area contributed by atoms with E-state index in [0.717, 1.165) is 30.6 Å². The van der Waals surface area contributed by atoms with Gasteiger partial charge in [0.05, 0.1) is 17.7 Å². The highest BCUT2D eigenvalue weighted by Gasteiger charge is 2.23. The summed E-state index contributed by atoms with van der Waals surface area (Å²) in [5, 5.41) is 0. The number of fused-ring (bicyclic) bond motifs is 1. The van der Waals surface area contributed by atoms with Gasteiger partial charge >= 0.3 is 23.9 Å². The number of hydrogen-bond donors (Lipinski definition) is 0. The molecule has 276 valence electrons. The van der Waals surface area contributed by atoms with Crippen molar-refractivity contribution in [2.75, 3.05) is 13.2 Å². The van der Waals surface area contributed by atoms with E-state index in [1.54, 1.807) is 30.1 Å². The first-order valence-electron chi connectivity index (χ1n) is 17.6. The number of aliphatic imine (C=N–C) groups is 1. The van der Waals surface area contributed by atoms with Crippen LogP contribution >= 0.6 is 11.8 Å². The molecule has 10 heteroatoms. The van der Waals surface area contributed by atoms with Gasteiger partial charge < -0.3 is 18.9 Å². The molecule has 1 heterocycles. The van der Waals surface area contributed by atoms with Gasteiger partial charge in [-0.25, -0.2) is 19.2 Å². The fourth-order valence-corrected chi connectivity index (χ4v) is 7.05. The Bertz CT molecular complexity index is 2070. The molecule has 0 fully saturated rings. The average molecular weight is 744 g/mol. The Hall–Kier alpha value is -6.00. The van der Waals surface area contributed by atoms with Crippen LogP contribution in [-0.4, -0.2) is 43.2 Å². The summed E-state index contributed by atoms with van der Waals surface area (Å²) in [6.07, 6.45) is 8.51. The zero-order chi connectivity index (χ0) is 38.5. The third-order valence-corrected chi connectivity index (χ3v) is 9.95. The van der Waals surface area contributed by atoms with Crippen LogP contribution in [0.2, 0.25) is 0 Å². The molecular formula is C44H41NO8S. The van der Waals surface area contributed by atoms with Gasteiger partial charge in [-0.15, -0.1) is 0 Å². The summed E-state index contributed by atoms with van der Waals surface area (Å²) in [5.74, 6) is -0.900. The third-order valence-electron chi connectivity index (χ3n) is 8.65. The molecule has 0 N–H and O–H groups in total. The van der Waals surface area contributed by atoms with Gasteiger partial charge in [0, 0.05) is 53.6 Å². The van der Waals surface area contributed by atoms with E-state index >= 15 is 0 Å². The molecule has 9 nitrogen and oxygen atoms in total. The quantitative estimate of drug-likeness (QED) is 0.0479. The smallest absolute Gasteiger partial charge is 0.343 e. The number of esters is 4. The highest BCUT2D eigenvalue weighted by atomic mass is 32.2. The first kappa shape index (κ1) is 39.2. The summed E-state index contributed by atoms with van der Waals surface area (Å²) >= 11 is 1.81. The Balaban J connectivity index is 1.30. The van der Waals surface area contributed by atoms with Gasteiger partial charge in [-0.2, -0.15) is 0 Å². The van der Waals surface area contributed by atoms with Crippen LogP contribution in [0.3, 0.4) is 0 Å². The first-order valence-corrected chi connectivity index (χ1v) is 18.4. The lowest BCUT2D eigenvalue weighted by atomic mass is 9.93. The standard InChI is InChI=1S/C44H41NO8S/c1-5-30-26-40(54-39-12-10-9-11-37(30)39)31(6-2)27-45-28-34-25-29(23-24-50-43(48)32-14-18-35(19-15-32)51-41(46)7-3)13-22-38(34)53-44(49)33-16-20-36(21-17-33)52-42(47)8-4/h7-22,25-26,28,30-31H,3-6,23-24,27H2,1-2H3. The average Bonchev–Trinajstić information content (AvgIpc) is 3.20. The summed E-state index contributed by atoms with van der Waals surface area (Å²) in [4.78, 5) is 56.3. The zero-order valence-corrected chi connectivity index (χ0v) is 31.0. The van der Waals surface area contributed by atoms with Crippen molar-refractivity contribution >= 4 is 41.9 Å². The molecule has 1 aliphatic rings. The van der Waals surface area contributed by atoms with E-state index in [-0.39, 0.29) is 29.6 Å². The Kier molecular flexibility index (Phi) is 13.9. The lowest BCUT2D eigenvalue weighted by molar-refractivity contribution is -0.129. The maximum atomic E-state index is 13.2. The first-order chi connectivity index (χ1) is 26.2. The zero-order valence-electron chi connectivity index (χ0n) is 30.2. The molecule has 0 aliphatic carbocycles. The Morgan fingerprint density at radius 3 is 2.04 bits per heavy atom. The van der Waals surface area contributed by atoms with Crippen molar-refractivity contribution in [3.05, 3.63) is 155 Å². The molecule has 5 rings (SSSR count). The van der Waals surface area contributed by atoms with Gasteiger partial charge in [0.25, 0.3) is 0 Å². The maximum Gasteiger partial charge on any atom is 0.343 e. The summed E-state index contributed by atoms with van der Waals surface area (Å²) in [7, 11) is 0. The van der Waals surface area contributed by atoms with E-state index in [1.165, 1.54) is 63.9 Å². The maximum absolute atomic E-state index is 13.2. The lowest BCUT2D eigenvalue weighted by Crippen LogP contribution is -2.12. The number of rotatable bonds is 16. The number of carbonyl (C=O) groups is 4. The monoisotopic (exact) mass is 743 g/mol. The molecular weight excluding hydrogens is 703 g/mol. The lowest BCUT2D eigenvalue weighted by Gasteiger charge is -2.27. The number of benzene rings is 4. The van der Waals surface area contributed by atoms with E-state index in [9.17, 15) is 19.2 Å². The Morgan fingerprint density at radius 1 is 0.796 bits per heavy atom. The summed E-state index contributed by atoms with van der Waals surface area (Å²) in [6, 6.07) is 26.0. The number of carbonyl (C=O) groups excluding carboxylic acids is 4. The minimum absolute atomic E-state index is 0.0912. The van der Waals surface area contributed by atoms with Crippen molar-refractivity contribution in [2.45, 2.75) is 43.9 Å². The third kappa shape index (κ3) is 10.5. The van der Waals surface area contributed by atoms with Crippen LogP contribution in [0.25, 0.3) is 0 Å². The predicted octanol–water partition coefficient (Wildman–Crippen LogP) is 9.12. The minimum Gasteiger partial charge on any atom is -0.462 e. The molecule has 0 radical (unpaired) electrons. The fourth-order valence-electron chi connectivity index (χ4n) is 5.67. The van der Waals surface area contributed by atoms with Crippen molar-refractivity contribution in [1.29, 1.82) is 0 Å². The molecule has 4 aromatic carbocycles. The van der Waals surface area contributed by atoms with Gasteiger partial charge in [-0.3, -0.25) is 4.99 Å². The van der Waals surface area contributed by atoms with Crippen molar-refractivity contribution in [1.82, 2.24) is 0 Å². The molecule has 2 atom stereocenters. The molecule has 0 spiro atoms. The van der Waals surface area contributed by atoms with Gasteiger partial charge in [0.1, 0.15) is 17.2 Å². The Morgan fingerprint density at radius 2 is 1.43 bits per heavy atom. The van der Waals surface area contributed by atoms with Gasteiger partial charge in [0.15, 0.2) is 0 Å². The van der Waals surface area contributed by atoms with Crippen LogP contribution in [0, 0.1) is 5.92 Å². The number of allylic oxidation sites excluding steroid dienone is 1. The second kappa shape index (κ2) is 19.2. The predicted molar refractivity (Wildman–Crippen MR) is 210 cm³/mol. The SMILES string of the molecule is C=CC(=O)Oc1ccc(C(=O)OCCc2ccc(OC(=O)c3ccc(OC(=O)C=C)cc3)c(C=NCC(CC)C3=CC(CC)c4ccccc4S3)c2)cc1. The van der Waals surface area contributed by atoms with E-state index in [2.05, 4.69) is 57.3 Å². The van der Waals surface area contributed by atoms with Gasteiger partial charge in [0.2, 0.25) is 0 Å². The number of hydrogen-bond acceptors (Lipinski definition) is 10. The van der Waals surface area contributed by atoms with Crippen molar-refractivity contribution in [3.8, 4) is 17.2 Å². The summed E-state index contributed by atoms with van der Waals surface area (Å²) < 4.78 is 21.5. The van der Waals surface area contributed by atoms with Crippen LogP contribution in [-0.2, 0) is 20.7 Å². The largest absolute Gasteiger partial charge is 0.462 e. The van der Waals surface area contributed by atoms with Gasteiger partial charge in [-0.05, 0) is 95.6 Å². The molecule has 2 unspecified atom stereocenters. The van der Waals surface area contributed by atoms with Crippen LogP contribution in [0.1, 0.15) is 70.0 Å². The summed E-state index contributed by atoms with van der Waals surface area (Å²) in [5.41, 5.74) is 3.35. The second-order valence-corrected chi connectivity index (χ2v) is 13.4. The van der Waals surface area contributed by atoms with Crippen LogP contribution in [0.4, 0.5) is 0 Å². The molecule has 0 bridgehead atoms. The summed E-state index contributed by atoms with van der Waals surface area (Å²) in [6.45, 7) is 11.8. The van der Waals surface area contributed by atoms with E-state index in [1.807, 2.05) is 6.07 Å². The van der Waals surface area contributed by atoms with Crippen LogP contribution < -0.4 is 14.2 Å². The minimum atomic E-state index is -0.606. The van der Waals surface area contributed by atoms with E-state index in [0.29, 0.717) is 35.8 Å². The van der Waals surface area contributed by atoms with Crippen LogP contribution in [0.5, 0.6) is 17.2 Å². The van der Waals surface area contributed by atoms with Crippen molar-refractivity contribution in [2.24, 2.45) is 10.9 Å². The molecule has 4 aromatic rings. The topological polar surface area (TPSA) is 118 Å².